The number of rotatable bonds is 26. The molecule has 0 heterocycles. The molecule has 226 valence electrons. The van der Waals surface area contributed by atoms with E-state index in [9.17, 15) is 0 Å². The lowest BCUT2D eigenvalue weighted by molar-refractivity contribution is 0.381. The zero-order valence-electron chi connectivity index (χ0n) is 28.2. The third kappa shape index (κ3) is 38.2. The SMILES string of the molecule is CC(C)CCCC(C)CCCC(C)CCCC(C)C.CCCCCCCCCCCCCCCC(C)C. The Labute approximate surface area is 239 Å². The van der Waals surface area contributed by atoms with E-state index in [0.717, 1.165) is 29.6 Å². The quantitative estimate of drug-likeness (QED) is 0.0990. The van der Waals surface area contributed by atoms with Crippen LogP contribution in [0.1, 0.15) is 210 Å². The van der Waals surface area contributed by atoms with Gasteiger partial charge in [0, 0.05) is 0 Å². The first-order valence-corrected chi connectivity index (χ1v) is 17.7. The Balaban J connectivity index is 0. The Hall–Kier alpha value is 0. The van der Waals surface area contributed by atoms with Crippen LogP contribution in [0.5, 0.6) is 0 Å². The lowest BCUT2D eigenvalue weighted by Gasteiger charge is -2.15. The van der Waals surface area contributed by atoms with Crippen molar-refractivity contribution in [1.29, 1.82) is 0 Å². The van der Waals surface area contributed by atoms with Crippen molar-refractivity contribution in [3.63, 3.8) is 0 Å². The molecule has 2 atom stereocenters. The van der Waals surface area contributed by atoms with Crippen molar-refractivity contribution in [3.8, 4) is 0 Å². The van der Waals surface area contributed by atoms with E-state index in [1.807, 2.05) is 0 Å². The minimum Gasteiger partial charge on any atom is -0.0654 e. The van der Waals surface area contributed by atoms with E-state index in [1.54, 1.807) is 0 Å². The number of hydrogen-bond acceptors (Lipinski definition) is 0. The van der Waals surface area contributed by atoms with Crippen molar-refractivity contribution in [3.05, 3.63) is 0 Å². The second kappa shape index (κ2) is 30.5. The molecule has 0 N–H and O–H groups in total. The van der Waals surface area contributed by atoms with Crippen molar-refractivity contribution >= 4 is 0 Å². The Morgan fingerprint density at radius 2 is 0.514 bits per heavy atom. The van der Waals surface area contributed by atoms with E-state index >= 15 is 0 Å². The monoisotopic (exact) mass is 523 g/mol. The van der Waals surface area contributed by atoms with Gasteiger partial charge in [-0.3, -0.25) is 0 Å². The summed E-state index contributed by atoms with van der Waals surface area (Å²) in [5, 5.41) is 0. The van der Waals surface area contributed by atoms with Crippen LogP contribution in [0, 0.1) is 29.6 Å². The highest BCUT2D eigenvalue weighted by atomic mass is 14.1. The standard InChI is InChI=1S/C19H40.C18H38/c1-16(2)10-7-12-18(5)14-9-15-19(6)13-8-11-17(3)4;1-4-5-6-7-8-9-10-11-12-13-14-15-16-17-18(2)3/h16-19H,7-15H2,1-6H3;18H,4-17H2,1-3H3. The highest BCUT2D eigenvalue weighted by molar-refractivity contribution is 4.60. The van der Waals surface area contributed by atoms with Crippen molar-refractivity contribution < 1.29 is 0 Å². The van der Waals surface area contributed by atoms with Crippen LogP contribution < -0.4 is 0 Å². The third-order valence-electron chi connectivity index (χ3n) is 8.24. The minimum absolute atomic E-state index is 0.883. The second-order valence-corrected chi connectivity index (χ2v) is 14.2. The van der Waals surface area contributed by atoms with Gasteiger partial charge in [0.25, 0.3) is 0 Å². The Morgan fingerprint density at radius 3 is 0.811 bits per heavy atom. The molecular formula is C37H78. The third-order valence-corrected chi connectivity index (χ3v) is 8.24. The largest absolute Gasteiger partial charge is 0.0654 e. The van der Waals surface area contributed by atoms with Crippen LogP contribution in [0.25, 0.3) is 0 Å². The fourth-order valence-corrected chi connectivity index (χ4v) is 5.42. The summed E-state index contributed by atoms with van der Waals surface area (Å²) in [6.07, 6.45) is 33.4. The molecule has 0 aliphatic heterocycles. The molecule has 0 radical (unpaired) electrons. The van der Waals surface area contributed by atoms with Gasteiger partial charge in [0.1, 0.15) is 0 Å². The maximum absolute atomic E-state index is 2.45. The molecule has 0 rings (SSSR count). The van der Waals surface area contributed by atoms with Crippen molar-refractivity contribution in [2.75, 3.05) is 0 Å². The summed E-state index contributed by atoms with van der Waals surface area (Å²) in [6.45, 7) is 21.2. The van der Waals surface area contributed by atoms with Crippen LogP contribution in [0.2, 0.25) is 0 Å². The van der Waals surface area contributed by atoms with Crippen LogP contribution in [0.3, 0.4) is 0 Å². The molecule has 2 unspecified atom stereocenters. The van der Waals surface area contributed by atoms with Crippen LogP contribution in [-0.2, 0) is 0 Å². The fraction of sp³-hybridized carbons (Fsp3) is 1.00. The molecule has 0 fully saturated rings. The number of hydrogen-bond donors (Lipinski definition) is 0. The van der Waals surface area contributed by atoms with E-state index < -0.39 is 0 Å². The van der Waals surface area contributed by atoms with E-state index in [2.05, 4.69) is 62.3 Å². The molecule has 0 nitrogen and oxygen atoms in total. The summed E-state index contributed by atoms with van der Waals surface area (Å²) in [6, 6.07) is 0. The normalized spacial score (nSPS) is 13.3. The molecule has 0 aliphatic carbocycles. The highest BCUT2D eigenvalue weighted by Crippen LogP contribution is 2.22. The van der Waals surface area contributed by atoms with Gasteiger partial charge in [-0.2, -0.15) is 0 Å². The molecule has 0 aromatic carbocycles. The molecule has 0 heteroatoms. The van der Waals surface area contributed by atoms with Gasteiger partial charge in [0.05, 0.1) is 0 Å². The van der Waals surface area contributed by atoms with Gasteiger partial charge in [0.2, 0.25) is 0 Å². The Morgan fingerprint density at radius 1 is 0.270 bits per heavy atom. The lowest BCUT2D eigenvalue weighted by Crippen LogP contribution is -2.00. The first-order chi connectivity index (χ1) is 17.7. The Bertz CT molecular complexity index is 373. The fourth-order valence-electron chi connectivity index (χ4n) is 5.42. The molecule has 0 aliphatic rings. The molecule has 0 aromatic heterocycles. The van der Waals surface area contributed by atoms with Gasteiger partial charge in [-0.1, -0.05) is 210 Å². The molecule has 37 heavy (non-hydrogen) atoms. The van der Waals surface area contributed by atoms with Crippen LogP contribution >= 0.6 is 0 Å². The zero-order valence-corrected chi connectivity index (χ0v) is 28.2. The van der Waals surface area contributed by atoms with Crippen LogP contribution in [-0.4, -0.2) is 0 Å². The van der Waals surface area contributed by atoms with Gasteiger partial charge in [0.15, 0.2) is 0 Å². The summed E-state index contributed by atoms with van der Waals surface area (Å²) in [5.41, 5.74) is 0. The maximum atomic E-state index is 2.45. The lowest BCUT2D eigenvalue weighted by atomic mass is 9.91. The van der Waals surface area contributed by atoms with Crippen molar-refractivity contribution in [1.82, 2.24) is 0 Å². The van der Waals surface area contributed by atoms with E-state index in [-0.39, 0.29) is 0 Å². The van der Waals surface area contributed by atoms with Gasteiger partial charge in [-0.15, -0.1) is 0 Å². The molecule has 0 aromatic rings. The van der Waals surface area contributed by atoms with Crippen molar-refractivity contribution in [2.45, 2.75) is 210 Å². The van der Waals surface area contributed by atoms with E-state index in [1.165, 1.54) is 148 Å². The van der Waals surface area contributed by atoms with Gasteiger partial charge < -0.3 is 0 Å². The number of unbranched alkanes of at least 4 members (excludes halogenated alkanes) is 12. The topological polar surface area (TPSA) is 0 Å². The molecule has 0 spiro atoms. The van der Waals surface area contributed by atoms with E-state index in [4.69, 9.17) is 0 Å². The minimum atomic E-state index is 0.883. The maximum Gasteiger partial charge on any atom is -0.0443 e. The summed E-state index contributed by atoms with van der Waals surface area (Å²) in [7, 11) is 0. The highest BCUT2D eigenvalue weighted by Gasteiger charge is 2.07. The average Bonchev–Trinajstić information content (AvgIpc) is 2.82. The molecular weight excluding hydrogens is 444 g/mol. The first-order valence-electron chi connectivity index (χ1n) is 17.7. The summed E-state index contributed by atoms with van der Waals surface area (Å²) >= 11 is 0. The molecule has 0 saturated heterocycles. The summed E-state index contributed by atoms with van der Waals surface area (Å²) in [4.78, 5) is 0. The van der Waals surface area contributed by atoms with Gasteiger partial charge >= 0.3 is 0 Å². The zero-order chi connectivity index (χ0) is 28.2. The van der Waals surface area contributed by atoms with Crippen molar-refractivity contribution in [2.24, 2.45) is 29.6 Å². The van der Waals surface area contributed by atoms with Crippen LogP contribution in [0.15, 0.2) is 0 Å². The molecule has 0 saturated carbocycles. The second-order valence-electron chi connectivity index (χ2n) is 14.2. The van der Waals surface area contributed by atoms with Gasteiger partial charge in [-0.25, -0.2) is 0 Å². The van der Waals surface area contributed by atoms with Gasteiger partial charge in [-0.05, 0) is 29.6 Å². The Kier molecular flexibility index (Phi) is 32.3. The predicted octanol–water partition coefficient (Wildman–Crippen LogP) is 14.2. The van der Waals surface area contributed by atoms with E-state index in [0.29, 0.717) is 0 Å². The summed E-state index contributed by atoms with van der Waals surface area (Å²) in [5.74, 6) is 4.56. The van der Waals surface area contributed by atoms with Crippen LogP contribution in [0.4, 0.5) is 0 Å². The summed E-state index contributed by atoms with van der Waals surface area (Å²) < 4.78 is 0. The smallest absolute Gasteiger partial charge is 0.0443 e. The molecule has 0 amide bonds. The first kappa shape index (κ1) is 39.1. The predicted molar refractivity (Wildman–Crippen MR) is 175 cm³/mol. The molecule has 0 bridgehead atoms. The average molecular weight is 523 g/mol.